The topological polar surface area (TPSA) is 79.5 Å². The summed E-state index contributed by atoms with van der Waals surface area (Å²) >= 11 is 1.47. The molecule has 2 aromatic rings. The van der Waals surface area contributed by atoms with Crippen LogP contribution in [0.3, 0.4) is 0 Å². The van der Waals surface area contributed by atoms with E-state index >= 15 is 0 Å². The van der Waals surface area contributed by atoms with Gasteiger partial charge < -0.3 is 15.5 Å². The van der Waals surface area contributed by atoms with Gasteiger partial charge in [-0.25, -0.2) is 4.98 Å². The first kappa shape index (κ1) is 17.6. The van der Waals surface area contributed by atoms with Gasteiger partial charge in [-0.15, -0.1) is 11.3 Å². The number of carbonyl (C=O) groups excluding carboxylic acids is 2. The minimum Gasteiger partial charge on any atom is -0.337 e. The second kappa shape index (κ2) is 8.22. The van der Waals surface area contributed by atoms with Gasteiger partial charge in [0.25, 0.3) is 11.8 Å². The van der Waals surface area contributed by atoms with Crippen molar-refractivity contribution in [1.29, 1.82) is 0 Å². The van der Waals surface area contributed by atoms with E-state index in [4.69, 9.17) is 5.73 Å². The van der Waals surface area contributed by atoms with Crippen molar-refractivity contribution in [3.63, 3.8) is 0 Å². The molecule has 0 atom stereocenters. The Hall–Kier alpha value is -2.25. The van der Waals surface area contributed by atoms with Gasteiger partial charge in [0.2, 0.25) is 0 Å². The lowest BCUT2D eigenvalue weighted by atomic mass is 10.2. The number of benzene rings is 1. The number of aromatic nitrogens is 1. The summed E-state index contributed by atoms with van der Waals surface area (Å²) in [5, 5.41) is 2.69. The molecule has 132 valence electrons. The number of hydrogen-bond acceptors (Lipinski definition) is 5. The molecule has 25 heavy (non-hydrogen) atoms. The molecule has 6 nitrogen and oxygen atoms in total. The van der Waals surface area contributed by atoms with Gasteiger partial charge in [-0.2, -0.15) is 0 Å². The number of nitrogens with two attached hydrogens (primary N) is 1. The number of thiazole rings is 1. The van der Waals surface area contributed by atoms with Crippen molar-refractivity contribution in [2.45, 2.75) is 12.8 Å². The largest absolute Gasteiger partial charge is 0.337 e. The summed E-state index contributed by atoms with van der Waals surface area (Å²) < 4.78 is 0. The zero-order valence-electron chi connectivity index (χ0n) is 14.1. The van der Waals surface area contributed by atoms with Crippen molar-refractivity contribution in [1.82, 2.24) is 14.8 Å². The molecule has 0 radical (unpaired) electrons. The number of amides is 2. The molecule has 1 aromatic heterocycles. The second-order valence-corrected chi connectivity index (χ2v) is 6.91. The summed E-state index contributed by atoms with van der Waals surface area (Å²) in [4.78, 5) is 33.2. The zero-order chi connectivity index (χ0) is 17.6. The van der Waals surface area contributed by atoms with Crippen LogP contribution in [0.4, 0.5) is 0 Å². The van der Waals surface area contributed by atoms with E-state index in [1.165, 1.54) is 11.3 Å². The van der Waals surface area contributed by atoms with Crippen LogP contribution in [0, 0.1) is 0 Å². The third-order valence-electron chi connectivity index (χ3n) is 4.22. The van der Waals surface area contributed by atoms with Crippen LogP contribution in [-0.4, -0.2) is 59.3 Å². The molecule has 2 amide bonds. The van der Waals surface area contributed by atoms with Gasteiger partial charge in [0.15, 0.2) is 0 Å². The average Bonchev–Trinajstić information content (AvgIpc) is 2.97. The van der Waals surface area contributed by atoms with Gasteiger partial charge in [-0.3, -0.25) is 9.59 Å². The van der Waals surface area contributed by atoms with E-state index in [0.717, 1.165) is 11.4 Å². The first-order chi connectivity index (χ1) is 12.2. The standard InChI is InChI=1S/C18H22N4O2S/c19-8-7-16-20-15(13-25-16)18(24)22-10-4-9-21(11-12-22)17(23)14-5-2-1-3-6-14/h1-3,5-6,13H,4,7-12,19H2. The normalized spacial score (nSPS) is 15.1. The lowest BCUT2D eigenvalue weighted by molar-refractivity contribution is 0.0716. The summed E-state index contributed by atoms with van der Waals surface area (Å²) in [5.41, 5.74) is 6.71. The average molecular weight is 358 g/mol. The van der Waals surface area contributed by atoms with Crippen molar-refractivity contribution >= 4 is 23.2 Å². The molecule has 1 fully saturated rings. The number of hydrogen-bond donors (Lipinski definition) is 1. The van der Waals surface area contributed by atoms with E-state index in [1.807, 2.05) is 35.2 Å². The van der Waals surface area contributed by atoms with Crippen LogP contribution >= 0.6 is 11.3 Å². The van der Waals surface area contributed by atoms with E-state index in [1.54, 1.807) is 10.3 Å². The third-order valence-corrected chi connectivity index (χ3v) is 5.13. The summed E-state index contributed by atoms with van der Waals surface area (Å²) in [7, 11) is 0. The van der Waals surface area contributed by atoms with Crippen molar-refractivity contribution in [3.05, 3.63) is 52.0 Å². The fraction of sp³-hybridized carbons (Fsp3) is 0.389. The van der Waals surface area contributed by atoms with Crippen LogP contribution in [0.2, 0.25) is 0 Å². The Balaban J connectivity index is 1.62. The Bertz CT molecular complexity index is 732. The highest BCUT2D eigenvalue weighted by molar-refractivity contribution is 7.09. The molecule has 0 aliphatic carbocycles. The molecule has 1 aliphatic heterocycles. The SMILES string of the molecule is NCCc1nc(C(=O)N2CCCN(C(=O)c3ccccc3)CC2)cs1. The second-order valence-electron chi connectivity index (χ2n) is 5.97. The van der Waals surface area contributed by atoms with Crippen LogP contribution in [0.5, 0.6) is 0 Å². The molecule has 0 unspecified atom stereocenters. The van der Waals surface area contributed by atoms with Gasteiger partial charge in [0, 0.05) is 43.5 Å². The first-order valence-corrected chi connectivity index (χ1v) is 9.35. The van der Waals surface area contributed by atoms with Gasteiger partial charge in [0.1, 0.15) is 5.69 Å². The molecule has 2 heterocycles. The monoisotopic (exact) mass is 358 g/mol. The summed E-state index contributed by atoms with van der Waals surface area (Å²) in [6.45, 7) is 2.90. The van der Waals surface area contributed by atoms with Crippen LogP contribution < -0.4 is 5.73 Å². The minimum atomic E-state index is -0.0615. The van der Waals surface area contributed by atoms with E-state index in [9.17, 15) is 9.59 Å². The highest BCUT2D eigenvalue weighted by Gasteiger charge is 2.24. The highest BCUT2D eigenvalue weighted by atomic mass is 32.1. The number of carbonyl (C=O) groups is 2. The Morgan fingerprint density at radius 2 is 1.72 bits per heavy atom. The molecule has 0 bridgehead atoms. The smallest absolute Gasteiger partial charge is 0.273 e. The van der Waals surface area contributed by atoms with Crippen molar-refractivity contribution in [3.8, 4) is 0 Å². The van der Waals surface area contributed by atoms with Crippen molar-refractivity contribution in [2.75, 3.05) is 32.7 Å². The fourth-order valence-corrected chi connectivity index (χ4v) is 3.68. The van der Waals surface area contributed by atoms with Gasteiger partial charge in [-0.1, -0.05) is 18.2 Å². The van der Waals surface area contributed by atoms with Crippen LogP contribution in [-0.2, 0) is 6.42 Å². The minimum absolute atomic E-state index is 0.0220. The summed E-state index contributed by atoms with van der Waals surface area (Å²) in [6, 6.07) is 9.27. The number of nitrogens with zero attached hydrogens (tertiary/aromatic N) is 3. The molecule has 1 saturated heterocycles. The summed E-state index contributed by atoms with van der Waals surface area (Å²) in [5.74, 6) is -0.0395. The molecule has 1 aliphatic rings. The van der Waals surface area contributed by atoms with Crippen LogP contribution in [0.25, 0.3) is 0 Å². The lowest BCUT2D eigenvalue weighted by Gasteiger charge is -2.21. The Morgan fingerprint density at radius 1 is 1.04 bits per heavy atom. The van der Waals surface area contributed by atoms with Gasteiger partial charge >= 0.3 is 0 Å². The maximum Gasteiger partial charge on any atom is 0.273 e. The van der Waals surface area contributed by atoms with Gasteiger partial charge in [0.05, 0.1) is 5.01 Å². The third kappa shape index (κ3) is 4.24. The molecular formula is C18H22N4O2S. The Labute approximate surface area is 151 Å². The van der Waals surface area contributed by atoms with E-state index in [0.29, 0.717) is 50.4 Å². The van der Waals surface area contributed by atoms with Crippen molar-refractivity contribution < 1.29 is 9.59 Å². The van der Waals surface area contributed by atoms with Crippen LogP contribution in [0.1, 0.15) is 32.3 Å². The quantitative estimate of drug-likeness (QED) is 0.901. The Kier molecular flexibility index (Phi) is 5.78. The predicted octanol–water partition coefficient (Wildman–Crippen LogP) is 1.63. The maximum atomic E-state index is 12.7. The lowest BCUT2D eigenvalue weighted by Crippen LogP contribution is -2.37. The molecule has 7 heteroatoms. The molecule has 3 rings (SSSR count). The predicted molar refractivity (Wildman–Crippen MR) is 97.7 cm³/mol. The number of rotatable bonds is 4. The van der Waals surface area contributed by atoms with E-state index in [2.05, 4.69) is 4.98 Å². The molecule has 1 aromatic carbocycles. The van der Waals surface area contributed by atoms with Crippen molar-refractivity contribution in [2.24, 2.45) is 5.73 Å². The van der Waals surface area contributed by atoms with Crippen LogP contribution in [0.15, 0.2) is 35.7 Å². The van der Waals surface area contributed by atoms with E-state index in [-0.39, 0.29) is 11.8 Å². The fourth-order valence-electron chi connectivity index (χ4n) is 2.90. The van der Waals surface area contributed by atoms with E-state index < -0.39 is 0 Å². The molecular weight excluding hydrogens is 336 g/mol. The van der Waals surface area contributed by atoms with Gasteiger partial charge in [-0.05, 0) is 25.1 Å². The Morgan fingerprint density at radius 3 is 2.40 bits per heavy atom. The highest BCUT2D eigenvalue weighted by Crippen LogP contribution is 2.15. The molecule has 2 N–H and O–H groups in total. The maximum absolute atomic E-state index is 12.7. The molecule has 0 spiro atoms. The summed E-state index contributed by atoms with van der Waals surface area (Å²) in [6.07, 6.45) is 1.46. The first-order valence-electron chi connectivity index (χ1n) is 8.47. The zero-order valence-corrected chi connectivity index (χ0v) is 14.9. The molecule has 0 saturated carbocycles.